The van der Waals surface area contributed by atoms with E-state index in [1.165, 1.54) is 18.3 Å². The van der Waals surface area contributed by atoms with E-state index >= 15 is 0 Å². The van der Waals surface area contributed by atoms with E-state index in [1.807, 2.05) is 19.1 Å². The average Bonchev–Trinajstić information content (AvgIpc) is 3.22. The highest BCUT2D eigenvalue weighted by atomic mass is 16.3. The smallest absolute Gasteiger partial charge is 0.319 e. The molecule has 1 aliphatic rings. The summed E-state index contributed by atoms with van der Waals surface area (Å²) in [5, 5.41) is 11.0. The van der Waals surface area contributed by atoms with Gasteiger partial charge in [0.25, 0.3) is 0 Å². The fourth-order valence-corrected chi connectivity index (χ4v) is 3.42. The van der Waals surface area contributed by atoms with Gasteiger partial charge in [-0.1, -0.05) is 12.1 Å². The molecule has 0 aliphatic heterocycles. The standard InChI is InChI=1S/C18H21N5O2/c1-12(9-23-11-19-10-20-23)21-18(24)22-15-7-4-6-14-13-5-2-3-8-16(13)25-17(14)15/h4,6-7,10-12H,2-3,5,8-9H2,1H3,(H2,21,22,24). The molecule has 2 aromatic heterocycles. The molecule has 0 fully saturated rings. The molecular weight excluding hydrogens is 318 g/mol. The number of nitrogens with one attached hydrogen (secondary N) is 2. The summed E-state index contributed by atoms with van der Waals surface area (Å²) in [5.41, 5.74) is 2.77. The molecule has 0 spiro atoms. The van der Waals surface area contributed by atoms with Gasteiger partial charge in [-0.2, -0.15) is 5.10 Å². The zero-order valence-corrected chi connectivity index (χ0v) is 14.2. The third-order valence-corrected chi connectivity index (χ3v) is 4.54. The summed E-state index contributed by atoms with van der Waals surface area (Å²) < 4.78 is 7.73. The number of benzene rings is 1. The van der Waals surface area contributed by atoms with E-state index in [-0.39, 0.29) is 12.1 Å². The highest BCUT2D eigenvalue weighted by Crippen LogP contribution is 2.35. The normalized spacial score (nSPS) is 14.9. The maximum Gasteiger partial charge on any atom is 0.319 e. The number of amides is 2. The van der Waals surface area contributed by atoms with E-state index in [2.05, 4.69) is 26.8 Å². The maximum absolute atomic E-state index is 12.3. The molecule has 2 heterocycles. The molecule has 1 atom stereocenters. The van der Waals surface area contributed by atoms with Gasteiger partial charge in [0.2, 0.25) is 0 Å². The van der Waals surface area contributed by atoms with Crippen LogP contribution in [-0.4, -0.2) is 26.8 Å². The van der Waals surface area contributed by atoms with Crippen LogP contribution in [0.2, 0.25) is 0 Å². The van der Waals surface area contributed by atoms with Crippen LogP contribution in [0.4, 0.5) is 10.5 Å². The Labute approximate surface area is 145 Å². The number of carbonyl (C=O) groups excluding carboxylic acids is 1. The van der Waals surface area contributed by atoms with Gasteiger partial charge in [-0.3, -0.25) is 4.68 Å². The number of anilines is 1. The molecule has 0 saturated carbocycles. The van der Waals surface area contributed by atoms with Crippen molar-refractivity contribution >= 4 is 22.7 Å². The molecule has 2 N–H and O–H groups in total. The number of aryl methyl sites for hydroxylation is 2. The first-order chi connectivity index (χ1) is 12.2. The minimum absolute atomic E-state index is 0.0780. The van der Waals surface area contributed by atoms with Crippen molar-refractivity contribution in [1.82, 2.24) is 20.1 Å². The third kappa shape index (κ3) is 3.22. The number of furan rings is 1. The second kappa shape index (κ2) is 6.58. The summed E-state index contributed by atoms with van der Waals surface area (Å²) in [5.74, 6) is 1.07. The van der Waals surface area contributed by atoms with Crippen molar-refractivity contribution in [1.29, 1.82) is 0 Å². The quantitative estimate of drug-likeness (QED) is 0.765. The molecule has 7 heteroatoms. The fourth-order valence-electron chi connectivity index (χ4n) is 3.42. The molecule has 1 aliphatic carbocycles. The molecule has 4 rings (SSSR count). The Balaban J connectivity index is 1.48. The van der Waals surface area contributed by atoms with Crippen molar-refractivity contribution in [3.8, 4) is 0 Å². The molecule has 0 saturated heterocycles. The molecule has 1 aromatic carbocycles. The number of carbonyl (C=O) groups is 1. The van der Waals surface area contributed by atoms with E-state index in [0.717, 1.165) is 36.0 Å². The predicted octanol–water partition coefficient (Wildman–Crippen LogP) is 3.11. The topological polar surface area (TPSA) is 85.0 Å². The number of aromatic nitrogens is 3. The van der Waals surface area contributed by atoms with Crippen LogP contribution < -0.4 is 10.6 Å². The number of nitrogens with zero attached hydrogens (tertiary/aromatic N) is 3. The van der Waals surface area contributed by atoms with E-state index in [4.69, 9.17) is 4.42 Å². The summed E-state index contributed by atoms with van der Waals surface area (Å²) in [4.78, 5) is 16.2. The number of fused-ring (bicyclic) bond motifs is 3. The van der Waals surface area contributed by atoms with Crippen molar-refractivity contribution in [3.63, 3.8) is 0 Å². The molecular formula is C18H21N5O2. The van der Waals surface area contributed by atoms with Gasteiger partial charge < -0.3 is 15.1 Å². The Morgan fingerprint density at radius 1 is 1.36 bits per heavy atom. The van der Waals surface area contributed by atoms with Crippen LogP contribution >= 0.6 is 0 Å². The van der Waals surface area contributed by atoms with Crippen molar-refractivity contribution in [2.24, 2.45) is 0 Å². The molecule has 0 bridgehead atoms. The van der Waals surface area contributed by atoms with Crippen molar-refractivity contribution < 1.29 is 9.21 Å². The number of hydrogen-bond donors (Lipinski definition) is 2. The lowest BCUT2D eigenvalue weighted by atomic mass is 9.96. The van der Waals surface area contributed by atoms with Gasteiger partial charge in [-0.25, -0.2) is 9.78 Å². The van der Waals surface area contributed by atoms with E-state index < -0.39 is 0 Å². The Kier molecular flexibility index (Phi) is 4.13. The number of para-hydroxylation sites is 1. The van der Waals surface area contributed by atoms with Crippen LogP contribution in [0, 0.1) is 0 Å². The van der Waals surface area contributed by atoms with Gasteiger partial charge >= 0.3 is 6.03 Å². The molecule has 25 heavy (non-hydrogen) atoms. The highest BCUT2D eigenvalue weighted by Gasteiger charge is 2.20. The second-order valence-corrected chi connectivity index (χ2v) is 6.51. The highest BCUT2D eigenvalue weighted by molar-refractivity contribution is 6.00. The minimum atomic E-state index is -0.255. The Morgan fingerprint density at radius 3 is 3.08 bits per heavy atom. The lowest BCUT2D eigenvalue weighted by molar-refractivity contribution is 0.247. The maximum atomic E-state index is 12.3. The fraction of sp³-hybridized carbons (Fsp3) is 0.389. The molecule has 130 valence electrons. The zero-order chi connectivity index (χ0) is 17.2. The first kappa shape index (κ1) is 15.7. The van der Waals surface area contributed by atoms with Crippen LogP contribution in [-0.2, 0) is 19.4 Å². The number of hydrogen-bond acceptors (Lipinski definition) is 4. The predicted molar refractivity (Wildman–Crippen MR) is 94.5 cm³/mol. The summed E-state index contributed by atoms with van der Waals surface area (Å²) in [6.07, 6.45) is 7.49. The van der Waals surface area contributed by atoms with E-state index in [9.17, 15) is 4.79 Å². The van der Waals surface area contributed by atoms with Crippen LogP contribution in [0.1, 0.15) is 31.1 Å². The van der Waals surface area contributed by atoms with Gasteiger partial charge in [0.05, 0.1) is 12.2 Å². The van der Waals surface area contributed by atoms with Gasteiger partial charge in [-0.05, 0) is 32.3 Å². The van der Waals surface area contributed by atoms with Gasteiger partial charge in [-0.15, -0.1) is 0 Å². The second-order valence-electron chi connectivity index (χ2n) is 6.51. The van der Waals surface area contributed by atoms with Gasteiger partial charge in [0, 0.05) is 23.4 Å². The van der Waals surface area contributed by atoms with Crippen molar-refractivity contribution in [2.45, 2.75) is 45.2 Å². The third-order valence-electron chi connectivity index (χ3n) is 4.54. The molecule has 1 unspecified atom stereocenters. The summed E-state index contributed by atoms with van der Waals surface area (Å²) in [6, 6.07) is 5.57. The Morgan fingerprint density at radius 2 is 2.24 bits per heavy atom. The molecule has 7 nitrogen and oxygen atoms in total. The summed E-state index contributed by atoms with van der Waals surface area (Å²) in [7, 11) is 0. The van der Waals surface area contributed by atoms with Crippen LogP contribution in [0.15, 0.2) is 35.3 Å². The Hall–Kier alpha value is -2.83. The molecule has 0 radical (unpaired) electrons. The summed E-state index contributed by atoms with van der Waals surface area (Å²) in [6.45, 7) is 2.49. The van der Waals surface area contributed by atoms with Crippen molar-refractivity contribution in [3.05, 3.63) is 42.2 Å². The molecule has 3 aromatic rings. The lowest BCUT2D eigenvalue weighted by Crippen LogP contribution is -2.38. The van der Waals surface area contributed by atoms with Crippen LogP contribution in [0.3, 0.4) is 0 Å². The van der Waals surface area contributed by atoms with Crippen LogP contribution in [0.5, 0.6) is 0 Å². The SMILES string of the molecule is CC(Cn1cncn1)NC(=O)Nc1cccc2c3c(oc12)CCCC3. The van der Waals surface area contributed by atoms with E-state index in [1.54, 1.807) is 11.0 Å². The number of rotatable bonds is 4. The summed E-state index contributed by atoms with van der Waals surface area (Å²) >= 11 is 0. The van der Waals surface area contributed by atoms with Gasteiger partial charge in [0.1, 0.15) is 18.4 Å². The van der Waals surface area contributed by atoms with Gasteiger partial charge in [0.15, 0.2) is 5.58 Å². The first-order valence-corrected chi connectivity index (χ1v) is 8.64. The Bertz CT molecular complexity index is 884. The monoisotopic (exact) mass is 339 g/mol. The zero-order valence-electron chi connectivity index (χ0n) is 14.2. The molecule has 2 amide bonds. The first-order valence-electron chi connectivity index (χ1n) is 8.64. The van der Waals surface area contributed by atoms with Crippen LogP contribution in [0.25, 0.3) is 11.0 Å². The van der Waals surface area contributed by atoms with E-state index in [0.29, 0.717) is 12.2 Å². The largest absolute Gasteiger partial charge is 0.459 e. The lowest BCUT2D eigenvalue weighted by Gasteiger charge is -2.14. The number of urea groups is 1. The minimum Gasteiger partial charge on any atom is -0.459 e. The average molecular weight is 339 g/mol. The van der Waals surface area contributed by atoms with Crippen molar-refractivity contribution in [2.75, 3.05) is 5.32 Å².